The zero-order valence-corrected chi connectivity index (χ0v) is 12.9. The van der Waals surface area contributed by atoms with Crippen molar-refractivity contribution < 1.29 is 0 Å². The van der Waals surface area contributed by atoms with E-state index in [-0.39, 0.29) is 18.4 Å². The minimum atomic E-state index is -0.243. The van der Waals surface area contributed by atoms with Crippen molar-refractivity contribution >= 4 is 23.4 Å². The number of benzene rings is 1. The standard InChI is InChI=1S/C16H18N4.ClH/c1-11(2)20-14-6-4-3-5-13(14)19-16(20)15(17)12-7-9-18-10-8-12;/h3-11,15H,17H2,1-2H3;1H. The number of nitrogens with zero attached hydrogens (tertiary/aromatic N) is 3. The van der Waals surface area contributed by atoms with E-state index in [0.29, 0.717) is 6.04 Å². The first kappa shape index (κ1) is 15.5. The van der Waals surface area contributed by atoms with Gasteiger partial charge in [0.05, 0.1) is 17.1 Å². The Hall–Kier alpha value is -1.91. The summed E-state index contributed by atoms with van der Waals surface area (Å²) in [5.74, 6) is 0.896. The van der Waals surface area contributed by atoms with Crippen molar-refractivity contribution in [2.24, 2.45) is 5.73 Å². The molecule has 0 amide bonds. The molecule has 4 nitrogen and oxygen atoms in total. The molecule has 0 saturated heterocycles. The Morgan fingerprint density at radius 2 is 1.71 bits per heavy atom. The molecule has 0 aliphatic heterocycles. The molecular formula is C16H19ClN4. The number of pyridine rings is 1. The Balaban J connectivity index is 0.00000161. The fraction of sp³-hybridized carbons (Fsp3) is 0.250. The predicted molar refractivity (Wildman–Crippen MR) is 87.6 cm³/mol. The monoisotopic (exact) mass is 302 g/mol. The van der Waals surface area contributed by atoms with Crippen LogP contribution >= 0.6 is 12.4 Å². The Kier molecular flexibility index (Phi) is 4.60. The normalized spacial score (nSPS) is 12.4. The fourth-order valence-electron chi connectivity index (χ4n) is 2.55. The number of fused-ring (bicyclic) bond motifs is 1. The summed E-state index contributed by atoms with van der Waals surface area (Å²) in [6, 6.07) is 12.1. The van der Waals surface area contributed by atoms with Crippen LogP contribution in [0.25, 0.3) is 11.0 Å². The summed E-state index contributed by atoms with van der Waals surface area (Å²) in [6.07, 6.45) is 3.52. The summed E-state index contributed by atoms with van der Waals surface area (Å²) in [5.41, 5.74) is 9.55. The molecule has 3 rings (SSSR count). The van der Waals surface area contributed by atoms with Crippen LogP contribution in [0.15, 0.2) is 48.8 Å². The van der Waals surface area contributed by atoms with Gasteiger partial charge in [-0.15, -0.1) is 12.4 Å². The highest BCUT2D eigenvalue weighted by atomic mass is 35.5. The SMILES string of the molecule is CC(C)n1c(C(N)c2ccncc2)nc2ccccc21.Cl. The van der Waals surface area contributed by atoms with Crippen molar-refractivity contribution in [3.63, 3.8) is 0 Å². The molecule has 1 unspecified atom stereocenters. The molecule has 2 N–H and O–H groups in total. The number of nitrogens with two attached hydrogens (primary N) is 1. The van der Waals surface area contributed by atoms with Crippen molar-refractivity contribution in [2.75, 3.05) is 0 Å². The molecular weight excluding hydrogens is 284 g/mol. The van der Waals surface area contributed by atoms with E-state index in [1.165, 1.54) is 0 Å². The van der Waals surface area contributed by atoms with Crippen LogP contribution in [0.4, 0.5) is 0 Å². The summed E-state index contributed by atoms with van der Waals surface area (Å²) >= 11 is 0. The van der Waals surface area contributed by atoms with Gasteiger partial charge in [0.1, 0.15) is 5.82 Å². The maximum atomic E-state index is 6.41. The molecule has 2 heterocycles. The first-order chi connectivity index (χ1) is 9.68. The average Bonchev–Trinajstić information content (AvgIpc) is 2.86. The van der Waals surface area contributed by atoms with Gasteiger partial charge in [-0.1, -0.05) is 12.1 Å². The Morgan fingerprint density at radius 3 is 2.38 bits per heavy atom. The average molecular weight is 303 g/mol. The lowest BCUT2D eigenvalue weighted by Crippen LogP contribution is -2.19. The van der Waals surface area contributed by atoms with Crippen LogP contribution in [0.3, 0.4) is 0 Å². The first-order valence-electron chi connectivity index (χ1n) is 6.81. The lowest BCUT2D eigenvalue weighted by Gasteiger charge is -2.17. The van der Waals surface area contributed by atoms with E-state index in [4.69, 9.17) is 10.7 Å². The third-order valence-corrected chi connectivity index (χ3v) is 3.48. The van der Waals surface area contributed by atoms with Crippen LogP contribution < -0.4 is 5.73 Å². The minimum Gasteiger partial charge on any atom is -0.324 e. The molecule has 0 radical (unpaired) electrons. The maximum Gasteiger partial charge on any atom is 0.131 e. The third kappa shape index (κ3) is 2.77. The van der Waals surface area contributed by atoms with E-state index >= 15 is 0 Å². The molecule has 5 heteroatoms. The highest BCUT2D eigenvalue weighted by molar-refractivity contribution is 5.85. The summed E-state index contributed by atoms with van der Waals surface area (Å²) in [5, 5.41) is 0. The molecule has 0 saturated carbocycles. The van der Waals surface area contributed by atoms with Crippen LogP contribution in [0.2, 0.25) is 0 Å². The van der Waals surface area contributed by atoms with Gasteiger partial charge < -0.3 is 10.3 Å². The van der Waals surface area contributed by atoms with Gasteiger partial charge in [0.2, 0.25) is 0 Å². The molecule has 3 aromatic rings. The number of hydrogen-bond acceptors (Lipinski definition) is 3. The highest BCUT2D eigenvalue weighted by Gasteiger charge is 2.19. The number of para-hydroxylation sites is 2. The van der Waals surface area contributed by atoms with Crippen LogP contribution in [0.5, 0.6) is 0 Å². The molecule has 0 aliphatic rings. The maximum absolute atomic E-state index is 6.41. The van der Waals surface area contributed by atoms with Crippen LogP contribution in [-0.4, -0.2) is 14.5 Å². The minimum absolute atomic E-state index is 0. The van der Waals surface area contributed by atoms with E-state index < -0.39 is 0 Å². The number of hydrogen-bond donors (Lipinski definition) is 1. The quantitative estimate of drug-likeness (QED) is 0.806. The van der Waals surface area contributed by atoms with Gasteiger partial charge in [-0.05, 0) is 43.7 Å². The van der Waals surface area contributed by atoms with Crippen LogP contribution in [-0.2, 0) is 0 Å². The summed E-state index contributed by atoms with van der Waals surface area (Å²) < 4.78 is 2.21. The van der Waals surface area contributed by atoms with E-state index in [1.54, 1.807) is 12.4 Å². The Labute approximate surface area is 130 Å². The van der Waals surface area contributed by atoms with E-state index in [2.05, 4.69) is 29.5 Å². The third-order valence-electron chi connectivity index (χ3n) is 3.48. The highest BCUT2D eigenvalue weighted by Crippen LogP contribution is 2.26. The second-order valence-electron chi connectivity index (χ2n) is 5.18. The predicted octanol–water partition coefficient (Wildman–Crippen LogP) is 3.48. The van der Waals surface area contributed by atoms with Gasteiger partial charge in [0.25, 0.3) is 0 Å². The van der Waals surface area contributed by atoms with Crippen molar-refractivity contribution in [2.45, 2.75) is 25.9 Å². The second-order valence-corrected chi connectivity index (χ2v) is 5.18. The van der Waals surface area contributed by atoms with Crippen LogP contribution in [0, 0.1) is 0 Å². The van der Waals surface area contributed by atoms with Gasteiger partial charge in [-0.25, -0.2) is 4.98 Å². The summed E-state index contributed by atoms with van der Waals surface area (Å²) in [4.78, 5) is 8.77. The molecule has 2 aromatic heterocycles. The van der Waals surface area contributed by atoms with Crippen molar-refractivity contribution in [3.8, 4) is 0 Å². The lowest BCUT2D eigenvalue weighted by molar-refractivity contribution is 0.567. The van der Waals surface area contributed by atoms with Gasteiger partial charge in [-0.2, -0.15) is 0 Å². The molecule has 1 atom stereocenters. The Bertz CT molecular complexity index is 721. The van der Waals surface area contributed by atoms with E-state index in [0.717, 1.165) is 22.4 Å². The number of halogens is 1. The zero-order valence-electron chi connectivity index (χ0n) is 12.1. The fourth-order valence-corrected chi connectivity index (χ4v) is 2.55. The van der Waals surface area contributed by atoms with Crippen molar-refractivity contribution in [1.82, 2.24) is 14.5 Å². The zero-order chi connectivity index (χ0) is 14.1. The largest absolute Gasteiger partial charge is 0.324 e. The molecule has 0 bridgehead atoms. The van der Waals surface area contributed by atoms with E-state index in [9.17, 15) is 0 Å². The van der Waals surface area contributed by atoms with Gasteiger partial charge in [0.15, 0.2) is 0 Å². The Morgan fingerprint density at radius 1 is 1.05 bits per heavy atom. The first-order valence-corrected chi connectivity index (χ1v) is 6.81. The summed E-state index contributed by atoms with van der Waals surface area (Å²) in [7, 11) is 0. The lowest BCUT2D eigenvalue weighted by atomic mass is 10.1. The molecule has 0 fully saturated rings. The molecule has 0 aliphatic carbocycles. The van der Waals surface area contributed by atoms with Crippen LogP contribution in [0.1, 0.15) is 37.3 Å². The summed E-state index contributed by atoms with van der Waals surface area (Å²) in [6.45, 7) is 4.30. The topological polar surface area (TPSA) is 56.7 Å². The van der Waals surface area contributed by atoms with Gasteiger partial charge in [0, 0.05) is 18.4 Å². The number of rotatable bonds is 3. The molecule has 21 heavy (non-hydrogen) atoms. The second kappa shape index (κ2) is 6.24. The van der Waals surface area contributed by atoms with Crippen molar-refractivity contribution in [3.05, 3.63) is 60.2 Å². The number of imidazole rings is 1. The van der Waals surface area contributed by atoms with E-state index in [1.807, 2.05) is 30.3 Å². The number of aromatic nitrogens is 3. The van der Waals surface area contributed by atoms with Gasteiger partial charge in [-0.3, -0.25) is 4.98 Å². The molecule has 0 spiro atoms. The molecule has 110 valence electrons. The van der Waals surface area contributed by atoms with Crippen molar-refractivity contribution in [1.29, 1.82) is 0 Å². The molecule has 1 aromatic carbocycles. The van der Waals surface area contributed by atoms with Gasteiger partial charge >= 0.3 is 0 Å². The smallest absolute Gasteiger partial charge is 0.131 e.